The zero-order valence-electron chi connectivity index (χ0n) is 18.5. The minimum absolute atomic E-state index is 0.0183. The molecule has 6 atom stereocenters. The maximum Gasteiger partial charge on any atom is 0.534 e. The number of rotatable bonds is 2. The van der Waals surface area contributed by atoms with E-state index in [1.54, 1.807) is 6.08 Å². The van der Waals surface area contributed by atoms with Crippen LogP contribution in [0.1, 0.15) is 46.0 Å². The molecule has 0 aromatic carbocycles. The average Bonchev–Trinajstić information content (AvgIpc) is 3.17. The van der Waals surface area contributed by atoms with Crippen molar-refractivity contribution in [3.8, 4) is 0 Å². The first-order valence-corrected chi connectivity index (χ1v) is 13.6. The van der Waals surface area contributed by atoms with Gasteiger partial charge in [0.05, 0.1) is 0 Å². The number of alkyl halides is 6. The maximum atomic E-state index is 12.8. The normalized spacial score (nSPS) is 38.9. The topological polar surface area (TPSA) is 63.7 Å². The van der Waals surface area contributed by atoms with E-state index in [0.29, 0.717) is 29.8 Å². The Morgan fingerprint density at radius 3 is 2.27 bits per heavy atom. The molecule has 1 saturated carbocycles. The molecular formula is C20H28F6NO4PS. The number of hydrogen-bond acceptors (Lipinski definition) is 5. The van der Waals surface area contributed by atoms with Gasteiger partial charge >= 0.3 is 21.8 Å². The highest BCUT2D eigenvalue weighted by molar-refractivity contribution is 7.87. The number of nitrogens with zero attached hydrogens (tertiary/aromatic N) is 1. The van der Waals surface area contributed by atoms with Crippen molar-refractivity contribution in [2.75, 3.05) is 19.8 Å². The van der Waals surface area contributed by atoms with Crippen LogP contribution >= 0.6 is 8.07 Å². The van der Waals surface area contributed by atoms with E-state index in [2.05, 4.69) is 22.8 Å². The Bertz CT molecular complexity index is 907. The van der Waals surface area contributed by atoms with Crippen LogP contribution in [-0.4, -0.2) is 56.0 Å². The summed E-state index contributed by atoms with van der Waals surface area (Å²) in [5, 5.41) is 0.315. The minimum atomic E-state index is -5.60. The van der Waals surface area contributed by atoms with Gasteiger partial charge in [0, 0.05) is 17.1 Å². The highest BCUT2D eigenvalue weighted by atomic mass is 32.2. The third kappa shape index (κ3) is 4.81. The van der Waals surface area contributed by atoms with Gasteiger partial charge in [0.1, 0.15) is 5.76 Å². The van der Waals surface area contributed by atoms with E-state index in [-0.39, 0.29) is 19.7 Å². The predicted octanol–water partition coefficient (Wildman–Crippen LogP) is 5.43. The van der Waals surface area contributed by atoms with Crippen LogP contribution in [0.25, 0.3) is 0 Å². The quantitative estimate of drug-likeness (QED) is 0.159. The molecule has 0 N–H and O–H groups in total. The molecule has 2 heterocycles. The van der Waals surface area contributed by atoms with Crippen LogP contribution in [0.15, 0.2) is 11.8 Å². The van der Waals surface area contributed by atoms with Gasteiger partial charge < -0.3 is 4.18 Å². The van der Waals surface area contributed by atoms with Gasteiger partial charge in [-0.1, -0.05) is 13.8 Å². The lowest BCUT2D eigenvalue weighted by molar-refractivity contribution is -0.156. The van der Waals surface area contributed by atoms with Gasteiger partial charge in [0.15, 0.2) is 0 Å². The van der Waals surface area contributed by atoms with Crippen molar-refractivity contribution in [3.05, 3.63) is 11.8 Å². The van der Waals surface area contributed by atoms with Crippen LogP contribution in [0.5, 0.6) is 0 Å². The summed E-state index contributed by atoms with van der Waals surface area (Å²) in [7, 11) is -3.54. The fourth-order valence-corrected chi connectivity index (χ4v) is 10.6. The number of fused-ring (bicyclic) bond motifs is 5. The highest BCUT2D eigenvalue weighted by Crippen LogP contribution is 2.72. The fourth-order valence-electron chi connectivity index (χ4n) is 6.39. The molecule has 13 heteroatoms. The smallest absolute Gasteiger partial charge is 0.380 e. The summed E-state index contributed by atoms with van der Waals surface area (Å²) in [5.74, 6) is 1.21. The molecular weight excluding hydrogens is 495 g/mol. The summed E-state index contributed by atoms with van der Waals surface area (Å²) < 4.78 is 99.9. The van der Waals surface area contributed by atoms with Crippen LogP contribution in [0.3, 0.4) is 0 Å². The zero-order chi connectivity index (χ0) is 25.0. The zero-order valence-corrected chi connectivity index (χ0v) is 20.3. The van der Waals surface area contributed by atoms with Gasteiger partial charge in [-0.05, 0) is 77.2 Å². The summed E-state index contributed by atoms with van der Waals surface area (Å²) in [6.07, 6.45) is 1.61. The summed E-state index contributed by atoms with van der Waals surface area (Å²) >= 11 is 0. The van der Waals surface area contributed by atoms with Crippen molar-refractivity contribution >= 4 is 24.5 Å². The van der Waals surface area contributed by atoms with Crippen molar-refractivity contribution in [1.29, 1.82) is 0 Å². The highest BCUT2D eigenvalue weighted by Gasteiger charge is 2.61. The molecule has 0 radical (unpaired) electrons. The Balaban J connectivity index is 0.000000454. The Morgan fingerprint density at radius 1 is 1.12 bits per heavy atom. The molecule has 3 fully saturated rings. The number of hydrogen-bond donors (Lipinski definition) is 0. The number of allylic oxidation sites excluding steroid dienone is 2. The number of carbonyl (C=O) groups excluding carboxylic acids is 1. The summed E-state index contributed by atoms with van der Waals surface area (Å²) in [5.41, 5.74) is -6.00. The summed E-state index contributed by atoms with van der Waals surface area (Å²) in [6.45, 7) is 5.44. The van der Waals surface area contributed by atoms with Crippen molar-refractivity contribution in [3.63, 3.8) is 0 Å². The Kier molecular flexibility index (Phi) is 7.01. The van der Waals surface area contributed by atoms with E-state index in [0.717, 1.165) is 19.4 Å². The second-order valence-electron chi connectivity index (χ2n) is 9.68. The van der Waals surface area contributed by atoms with Crippen molar-refractivity contribution in [1.82, 2.24) is 4.67 Å². The molecule has 2 aliphatic heterocycles. The predicted molar refractivity (Wildman–Crippen MR) is 111 cm³/mol. The first kappa shape index (κ1) is 26.7. The Hall–Kier alpha value is -0.870. The lowest BCUT2D eigenvalue weighted by Crippen LogP contribution is -2.50. The van der Waals surface area contributed by atoms with Gasteiger partial charge in [-0.25, -0.2) is 0 Å². The average molecular weight is 523 g/mol. The van der Waals surface area contributed by atoms with E-state index in [4.69, 9.17) is 4.79 Å². The molecule has 0 spiro atoms. The van der Waals surface area contributed by atoms with Crippen molar-refractivity contribution in [2.45, 2.75) is 62.8 Å². The van der Waals surface area contributed by atoms with Crippen LogP contribution in [0.2, 0.25) is 0 Å². The van der Waals surface area contributed by atoms with Crippen LogP contribution < -0.4 is 0 Å². The van der Waals surface area contributed by atoms with E-state index in [9.17, 15) is 34.8 Å². The lowest BCUT2D eigenvalue weighted by Gasteiger charge is -2.57. The first-order valence-electron chi connectivity index (χ1n) is 10.7. The van der Waals surface area contributed by atoms with E-state index >= 15 is 0 Å². The molecule has 0 aromatic heterocycles. The van der Waals surface area contributed by atoms with E-state index in [1.807, 2.05) is 6.92 Å². The Morgan fingerprint density at radius 2 is 1.73 bits per heavy atom. The molecule has 33 heavy (non-hydrogen) atoms. The Labute approximate surface area is 190 Å². The summed E-state index contributed by atoms with van der Waals surface area (Å²) in [6, 6.07) is 0. The van der Waals surface area contributed by atoms with Crippen LogP contribution in [0, 0.1) is 23.2 Å². The third-order valence-corrected chi connectivity index (χ3v) is 12.4. The van der Waals surface area contributed by atoms with E-state index < -0.39 is 33.5 Å². The second kappa shape index (κ2) is 8.66. The molecule has 6 unspecified atom stereocenters. The monoisotopic (exact) mass is 523 g/mol. The van der Waals surface area contributed by atoms with Gasteiger partial charge in [-0.3, -0.25) is 9.46 Å². The van der Waals surface area contributed by atoms with Gasteiger partial charge in [0.25, 0.3) is 0 Å². The van der Waals surface area contributed by atoms with Crippen molar-refractivity contribution in [2.24, 2.45) is 23.2 Å². The van der Waals surface area contributed by atoms with Gasteiger partial charge in [0.2, 0.25) is 6.29 Å². The summed E-state index contributed by atoms with van der Waals surface area (Å²) in [4.78, 5) is 8.70. The molecule has 190 valence electrons. The fraction of sp³-hybridized carbons (Fsp3) is 0.850. The lowest BCUT2D eigenvalue weighted by atomic mass is 9.56. The molecule has 2 aliphatic carbocycles. The van der Waals surface area contributed by atoms with E-state index in [1.165, 1.54) is 12.6 Å². The SMILES string of the molecule is CN1CCC2(C)C3CCC4(C)C(OS(=O)(=O)C(F)(F)F)=CCC4C3CCP12.O=CC(F)(F)F. The molecule has 0 bridgehead atoms. The maximum absolute atomic E-state index is 12.8. The second-order valence-corrected chi connectivity index (χ2v) is 14.2. The van der Waals surface area contributed by atoms with Crippen LogP contribution in [0.4, 0.5) is 26.3 Å². The van der Waals surface area contributed by atoms with Gasteiger partial charge in [-0.2, -0.15) is 34.8 Å². The molecule has 0 aromatic rings. The molecule has 0 amide bonds. The van der Waals surface area contributed by atoms with Crippen LogP contribution in [-0.2, 0) is 19.1 Å². The number of carbonyl (C=O) groups is 1. The third-order valence-electron chi connectivity index (χ3n) is 7.98. The van der Waals surface area contributed by atoms with Crippen molar-refractivity contribution < 1.29 is 43.7 Å². The minimum Gasteiger partial charge on any atom is -0.380 e. The number of halogens is 6. The largest absolute Gasteiger partial charge is 0.534 e. The molecule has 4 rings (SSSR count). The first-order chi connectivity index (χ1) is 15.0. The number of aldehydes is 1. The molecule has 5 nitrogen and oxygen atoms in total. The molecule has 2 saturated heterocycles. The van der Waals surface area contributed by atoms with Gasteiger partial charge in [-0.15, -0.1) is 0 Å². The molecule has 4 aliphatic rings. The standard InChI is InChI=1S/C18H27F3NO3PS.C2HF3O/c1-16-8-6-14-12(7-11-26-17(14,2)9-10-22(26)3)13(16)4-5-15(16)25-27(23,24)18(19,20)21;3-2(4,5)1-6/h5,12-14H,4,6-11H2,1-3H3;1H.